The highest BCUT2D eigenvalue weighted by atomic mass is 32.2. The van der Waals surface area contributed by atoms with E-state index >= 15 is 0 Å². The molecule has 0 fully saturated rings. The summed E-state index contributed by atoms with van der Waals surface area (Å²) in [4.78, 5) is 12.0. The van der Waals surface area contributed by atoms with Crippen molar-refractivity contribution < 1.29 is 22.7 Å². The van der Waals surface area contributed by atoms with Gasteiger partial charge in [-0.15, -0.1) is 11.8 Å². The smallest absolute Gasteiger partial charge is 0.372 e. The summed E-state index contributed by atoms with van der Waals surface area (Å²) in [6, 6.07) is 8.07. The molecule has 0 aliphatic carbocycles. The standard InChI is InChI=1S/C13H12O5S2/c1-20(16,17)11-4-2-10(3-5-11)19-8-9-6-7-18-12(9)13(14)15/h2-7H,8H2,1H3,(H,14,15). The van der Waals surface area contributed by atoms with Gasteiger partial charge in [-0.05, 0) is 30.3 Å². The van der Waals surface area contributed by atoms with E-state index in [2.05, 4.69) is 0 Å². The Kier molecular flexibility index (Phi) is 4.20. The molecule has 2 rings (SSSR count). The van der Waals surface area contributed by atoms with Gasteiger partial charge in [0.2, 0.25) is 5.76 Å². The quantitative estimate of drug-likeness (QED) is 0.854. The van der Waals surface area contributed by atoms with Gasteiger partial charge in [0, 0.05) is 22.5 Å². The summed E-state index contributed by atoms with van der Waals surface area (Å²) in [5, 5.41) is 8.91. The maximum atomic E-state index is 11.3. The summed E-state index contributed by atoms with van der Waals surface area (Å²) >= 11 is 1.41. The number of carboxylic acid groups (broad SMARTS) is 1. The van der Waals surface area contributed by atoms with Crippen molar-refractivity contribution in [2.75, 3.05) is 6.26 Å². The average molecular weight is 312 g/mol. The summed E-state index contributed by atoms with van der Waals surface area (Å²) in [7, 11) is -3.20. The normalized spacial score (nSPS) is 11.4. The van der Waals surface area contributed by atoms with E-state index < -0.39 is 15.8 Å². The first-order valence-corrected chi connectivity index (χ1v) is 8.48. The molecule has 0 radical (unpaired) electrons. The van der Waals surface area contributed by atoms with E-state index in [9.17, 15) is 13.2 Å². The van der Waals surface area contributed by atoms with E-state index in [1.807, 2.05) is 0 Å². The molecule has 0 bridgehead atoms. The zero-order chi connectivity index (χ0) is 14.8. The number of rotatable bonds is 5. The molecule has 1 heterocycles. The first-order chi connectivity index (χ1) is 9.38. The van der Waals surface area contributed by atoms with Gasteiger partial charge in [-0.1, -0.05) is 0 Å². The highest BCUT2D eigenvalue weighted by Gasteiger charge is 2.14. The molecule has 1 aromatic heterocycles. The first-order valence-electron chi connectivity index (χ1n) is 5.60. The fraction of sp³-hybridized carbons (Fsp3) is 0.154. The van der Waals surface area contributed by atoms with E-state index in [4.69, 9.17) is 9.52 Å². The van der Waals surface area contributed by atoms with Gasteiger partial charge in [-0.25, -0.2) is 13.2 Å². The molecule has 0 saturated heterocycles. The van der Waals surface area contributed by atoms with Gasteiger partial charge in [0.1, 0.15) is 0 Å². The Hall–Kier alpha value is -1.73. The lowest BCUT2D eigenvalue weighted by Gasteiger charge is -2.02. The van der Waals surface area contributed by atoms with Crippen molar-refractivity contribution in [3.63, 3.8) is 0 Å². The summed E-state index contributed by atoms with van der Waals surface area (Å²) in [6.07, 6.45) is 2.49. The van der Waals surface area contributed by atoms with E-state index in [0.717, 1.165) is 11.2 Å². The highest BCUT2D eigenvalue weighted by molar-refractivity contribution is 7.98. The number of sulfone groups is 1. The molecule has 1 N–H and O–H groups in total. The number of furan rings is 1. The Morgan fingerprint density at radius 1 is 1.25 bits per heavy atom. The Morgan fingerprint density at radius 2 is 1.90 bits per heavy atom. The number of carboxylic acids is 1. The number of thioether (sulfide) groups is 1. The van der Waals surface area contributed by atoms with Crippen LogP contribution in [0.3, 0.4) is 0 Å². The van der Waals surface area contributed by atoms with Crippen molar-refractivity contribution in [2.24, 2.45) is 0 Å². The van der Waals surface area contributed by atoms with Crippen LogP contribution in [0.5, 0.6) is 0 Å². The largest absolute Gasteiger partial charge is 0.475 e. The highest BCUT2D eigenvalue weighted by Crippen LogP contribution is 2.26. The van der Waals surface area contributed by atoms with Crippen molar-refractivity contribution in [3.8, 4) is 0 Å². The zero-order valence-corrected chi connectivity index (χ0v) is 12.2. The predicted octanol–water partition coefficient (Wildman–Crippen LogP) is 2.67. The van der Waals surface area contributed by atoms with Crippen LogP contribution in [0.1, 0.15) is 16.1 Å². The van der Waals surface area contributed by atoms with Crippen LogP contribution in [0.4, 0.5) is 0 Å². The van der Waals surface area contributed by atoms with Gasteiger partial charge in [0.15, 0.2) is 9.84 Å². The van der Waals surface area contributed by atoms with E-state index in [1.54, 1.807) is 18.2 Å². The van der Waals surface area contributed by atoms with Gasteiger partial charge in [0.25, 0.3) is 0 Å². The second-order valence-corrected chi connectivity index (χ2v) is 7.18. The molecule has 0 atom stereocenters. The minimum absolute atomic E-state index is 0.0646. The topological polar surface area (TPSA) is 84.6 Å². The average Bonchev–Trinajstić information content (AvgIpc) is 2.84. The third kappa shape index (κ3) is 3.43. The third-order valence-corrected chi connectivity index (χ3v) is 4.78. The Morgan fingerprint density at radius 3 is 2.45 bits per heavy atom. The molecule has 7 heteroatoms. The van der Waals surface area contributed by atoms with Crippen LogP contribution < -0.4 is 0 Å². The second kappa shape index (κ2) is 5.72. The zero-order valence-electron chi connectivity index (χ0n) is 10.6. The Bertz CT molecular complexity index is 713. The predicted molar refractivity (Wildman–Crippen MR) is 74.8 cm³/mol. The monoisotopic (exact) mass is 312 g/mol. The summed E-state index contributed by atoms with van der Waals surface area (Å²) in [5.41, 5.74) is 0.592. The Labute approximate surface area is 120 Å². The SMILES string of the molecule is CS(=O)(=O)c1ccc(SCc2ccoc2C(=O)O)cc1. The van der Waals surface area contributed by atoms with E-state index in [0.29, 0.717) is 11.3 Å². The van der Waals surface area contributed by atoms with Crippen LogP contribution >= 0.6 is 11.8 Å². The number of aromatic carboxylic acids is 1. The van der Waals surface area contributed by atoms with Crippen molar-refractivity contribution in [1.82, 2.24) is 0 Å². The van der Waals surface area contributed by atoms with Crippen molar-refractivity contribution >= 4 is 27.6 Å². The lowest BCUT2D eigenvalue weighted by Crippen LogP contribution is -1.98. The van der Waals surface area contributed by atoms with Crippen molar-refractivity contribution in [2.45, 2.75) is 15.5 Å². The van der Waals surface area contributed by atoms with Gasteiger partial charge in [0.05, 0.1) is 11.2 Å². The summed E-state index contributed by atoms with van der Waals surface area (Å²) in [5.74, 6) is -0.723. The molecule has 5 nitrogen and oxygen atoms in total. The number of benzene rings is 1. The van der Waals surface area contributed by atoms with Gasteiger partial charge in [-0.3, -0.25) is 0 Å². The Balaban J connectivity index is 2.08. The number of carbonyl (C=O) groups is 1. The molecule has 0 amide bonds. The lowest BCUT2D eigenvalue weighted by atomic mass is 10.3. The summed E-state index contributed by atoms with van der Waals surface area (Å²) < 4.78 is 27.5. The van der Waals surface area contributed by atoms with Crippen molar-refractivity contribution in [1.29, 1.82) is 0 Å². The van der Waals surface area contributed by atoms with Crippen LogP contribution in [0, 0.1) is 0 Å². The van der Waals surface area contributed by atoms with Crippen LogP contribution in [-0.4, -0.2) is 25.7 Å². The van der Waals surface area contributed by atoms with Gasteiger partial charge >= 0.3 is 5.97 Å². The molecule has 106 valence electrons. The molecule has 0 aliphatic rings. The second-order valence-electron chi connectivity index (χ2n) is 4.11. The molecule has 0 saturated carbocycles. The van der Waals surface area contributed by atoms with E-state index in [1.165, 1.54) is 30.2 Å². The minimum Gasteiger partial charge on any atom is -0.475 e. The lowest BCUT2D eigenvalue weighted by molar-refractivity contribution is 0.0661. The van der Waals surface area contributed by atoms with Crippen LogP contribution in [0.25, 0.3) is 0 Å². The number of hydrogen-bond donors (Lipinski definition) is 1. The fourth-order valence-corrected chi connectivity index (χ4v) is 3.09. The van der Waals surface area contributed by atoms with Gasteiger partial charge < -0.3 is 9.52 Å². The van der Waals surface area contributed by atoms with Crippen LogP contribution in [0.2, 0.25) is 0 Å². The maximum absolute atomic E-state index is 11.3. The molecule has 20 heavy (non-hydrogen) atoms. The van der Waals surface area contributed by atoms with Crippen LogP contribution in [-0.2, 0) is 15.6 Å². The van der Waals surface area contributed by atoms with Gasteiger partial charge in [-0.2, -0.15) is 0 Å². The fourth-order valence-electron chi connectivity index (χ4n) is 1.58. The first kappa shape index (κ1) is 14.7. The van der Waals surface area contributed by atoms with E-state index in [-0.39, 0.29) is 10.7 Å². The molecule has 2 aromatic rings. The molecule has 1 aromatic carbocycles. The molecule has 0 unspecified atom stereocenters. The summed E-state index contributed by atoms with van der Waals surface area (Å²) in [6.45, 7) is 0. The minimum atomic E-state index is -3.20. The van der Waals surface area contributed by atoms with Crippen molar-refractivity contribution in [3.05, 3.63) is 47.9 Å². The molecule has 0 aliphatic heterocycles. The molecular formula is C13H12O5S2. The maximum Gasteiger partial charge on any atom is 0.372 e. The third-order valence-electron chi connectivity index (χ3n) is 2.59. The molecule has 0 spiro atoms. The molecular weight excluding hydrogens is 300 g/mol. The van der Waals surface area contributed by atoms with Crippen LogP contribution in [0.15, 0.2) is 50.8 Å². The number of hydrogen-bond acceptors (Lipinski definition) is 5.